The van der Waals surface area contributed by atoms with Crippen LogP contribution in [-0.2, 0) is 0 Å². The summed E-state index contributed by atoms with van der Waals surface area (Å²) in [5.74, 6) is 5.59. The van der Waals surface area contributed by atoms with Crippen molar-refractivity contribution >= 4 is 27.5 Å². The molecule has 0 radical (unpaired) electrons. The van der Waals surface area contributed by atoms with E-state index in [9.17, 15) is 4.79 Å². The fraction of sp³-hybridized carbons (Fsp3) is 0. The zero-order valence-corrected chi connectivity index (χ0v) is 10.6. The topological polar surface area (TPSA) is 46.3 Å². The highest BCUT2D eigenvalue weighted by molar-refractivity contribution is 9.10. The third-order valence-electron chi connectivity index (χ3n) is 2.35. The summed E-state index contributed by atoms with van der Waals surface area (Å²) < 4.78 is 0.784. The van der Waals surface area contributed by atoms with E-state index in [1.54, 1.807) is 30.3 Å². The lowest BCUT2D eigenvalue weighted by Gasteiger charge is -2.17. The van der Waals surface area contributed by atoms with Gasteiger partial charge in [-0.1, -0.05) is 30.3 Å². The summed E-state index contributed by atoms with van der Waals surface area (Å²) in [6.07, 6.45) is 0. The third kappa shape index (κ3) is 2.54. The molecule has 0 heterocycles. The number of benzene rings is 2. The van der Waals surface area contributed by atoms with Crippen LogP contribution in [-0.4, -0.2) is 5.91 Å². The second kappa shape index (κ2) is 5.12. The zero-order valence-electron chi connectivity index (χ0n) is 9.01. The van der Waals surface area contributed by atoms with Gasteiger partial charge in [0.1, 0.15) is 0 Å². The number of para-hydroxylation sites is 1. The van der Waals surface area contributed by atoms with Gasteiger partial charge in [0.05, 0.1) is 5.69 Å². The Kier molecular flexibility index (Phi) is 3.56. The molecular weight excluding hydrogens is 280 g/mol. The van der Waals surface area contributed by atoms with Crippen LogP contribution in [0.3, 0.4) is 0 Å². The lowest BCUT2D eigenvalue weighted by Crippen LogP contribution is -2.37. The fourth-order valence-corrected chi connectivity index (χ4v) is 1.95. The second-order valence-corrected chi connectivity index (χ2v) is 4.35. The van der Waals surface area contributed by atoms with Crippen molar-refractivity contribution in [1.29, 1.82) is 0 Å². The number of nitrogens with two attached hydrogens (primary N) is 1. The Labute approximate surface area is 108 Å². The monoisotopic (exact) mass is 290 g/mol. The van der Waals surface area contributed by atoms with Gasteiger partial charge < -0.3 is 0 Å². The molecule has 0 atom stereocenters. The van der Waals surface area contributed by atoms with Gasteiger partial charge >= 0.3 is 0 Å². The first kappa shape index (κ1) is 11.8. The van der Waals surface area contributed by atoms with Crippen LogP contribution < -0.4 is 10.9 Å². The van der Waals surface area contributed by atoms with E-state index in [0.29, 0.717) is 11.3 Å². The molecule has 1 amide bonds. The molecule has 0 aliphatic heterocycles. The normalized spacial score (nSPS) is 10.0. The van der Waals surface area contributed by atoms with Crippen molar-refractivity contribution in [2.24, 2.45) is 5.84 Å². The first-order valence-corrected chi connectivity index (χ1v) is 5.88. The fourth-order valence-electron chi connectivity index (χ4n) is 1.48. The van der Waals surface area contributed by atoms with Gasteiger partial charge in [-0.05, 0) is 40.2 Å². The molecule has 0 fully saturated rings. The minimum absolute atomic E-state index is 0.238. The van der Waals surface area contributed by atoms with Crippen LogP contribution in [0.2, 0.25) is 0 Å². The summed E-state index contributed by atoms with van der Waals surface area (Å²) >= 11 is 3.36. The van der Waals surface area contributed by atoms with Crippen LogP contribution in [0.5, 0.6) is 0 Å². The summed E-state index contributed by atoms with van der Waals surface area (Å²) in [5.41, 5.74) is 1.20. The molecule has 0 saturated carbocycles. The van der Waals surface area contributed by atoms with Crippen molar-refractivity contribution in [3.8, 4) is 0 Å². The Hall–Kier alpha value is -1.65. The highest BCUT2D eigenvalue weighted by Crippen LogP contribution is 2.24. The van der Waals surface area contributed by atoms with Gasteiger partial charge in [-0.2, -0.15) is 0 Å². The summed E-state index contributed by atoms with van der Waals surface area (Å²) in [7, 11) is 0. The van der Waals surface area contributed by atoms with E-state index in [1.165, 1.54) is 0 Å². The molecule has 2 aromatic carbocycles. The van der Waals surface area contributed by atoms with Crippen molar-refractivity contribution in [2.45, 2.75) is 0 Å². The molecule has 0 aromatic heterocycles. The molecule has 0 aliphatic carbocycles. The molecule has 2 rings (SSSR count). The van der Waals surface area contributed by atoms with Crippen LogP contribution in [0.25, 0.3) is 0 Å². The summed E-state index contributed by atoms with van der Waals surface area (Å²) in [5, 5.41) is 1.14. The number of nitrogens with zero attached hydrogens (tertiary/aromatic N) is 1. The Balaban J connectivity index is 2.30. The van der Waals surface area contributed by atoms with Crippen LogP contribution in [0.15, 0.2) is 59.1 Å². The highest BCUT2D eigenvalue weighted by atomic mass is 79.9. The van der Waals surface area contributed by atoms with Gasteiger partial charge in [0.25, 0.3) is 5.91 Å². The Morgan fingerprint density at radius 1 is 1.00 bits per heavy atom. The van der Waals surface area contributed by atoms with Gasteiger partial charge in [-0.15, -0.1) is 0 Å². The van der Waals surface area contributed by atoms with E-state index in [-0.39, 0.29) is 5.91 Å². The van der Waals surface area contributed by atoms with E-state index in [0.717, 1.165) is 9.48 Å². The van der Waals surface area contributed by atoms with E-state index < -0.39 is 0 Å². The second-order valence-electron chi connectivity index (χ2n) is 3.49. The lowest BCUT2D eigenvalue weighted by molar-refractivity contribution is 0.0986. The third-order valence-corrected chi connectivity index (χ3v) is 3.02. The Morgan fingerprint density at radius 3 is 2.24 bits per heavy atom. The SMILES string of the molecule is NN(C(=O)c1ccccc1)c1ccccc1Br. The van der Waals surface area contributed by atoms with Gasteiger partial charge in [0.2, 0.25) is 0 Å². The van der Waals surface area contributed by atoms with Crippen LogP contribution in [0.1, 0.15) is 10.4 Å². The van der Waals surface area contributed by atoms with Gasteiger partial charge in [0, 0.05) is 10.0 Å². The first-order chi connectivity index (χ1) is 8.20. The minimum atomic E-state index is -0.238. The van der Waals surface area contributed by atoms with E-state index in [4.69, 9.17) is 5.84 Å². The number of rotatable bonds is 2. The van der Waals surface area contributed by atoms with E-state index >= 15 is 0 Å². The number of carbonyl (C=O) groups is 1. The van der Waals surface area contributed by atoms with Gasteiger partial charge in [0.15, 0.2) is 0 Å². The lowest BCUT2D eigenvalue weighted by atomic mass is 10.2. The van der Waals surface area contributed by atoms with Crippen LogP contribution >= 0.6 is 15.9 Å². The molecule has 2 aromatic rings. The van der Waals surface area contributed by atoms with Gasteiger partial charge in [-0.3, -0.25) is 4.79 Å². The maximum atomic E-state index is 12.1. The van der Waals surface area contributed by atoms with E-state index in [2.05, 4.69) is 15.9 Å². The number of hydrogen-bond acceptors (Lipinski definition) is 2. The molecule has 0 unspecified atom stereocenters. The van der Waals surface area contributed by atoms with Crippen molar-refractivity contribution in [2.75, 3.05) is 5.01 Å². The average molecular weight is 291 g/mol. The maximum absolute atomic E-state index is 12.1. The molecule has 4 heteroatoms. The molecule has 0 spiro atoms. The number of halogens is 1. The summed E-state index contributed by atoms with van der Waals surface area (Å²) in [4.78, 5) is 12.1. The molecule has 86 valence electrons. The molecule has 0 bridgehead atoms. The van der Waals surface area contributed by atoms with Crippen molar-refractivity contribution in [3.05, 3.63) is 64.6 Å². The first-order valence-electron chi connectivity index (χ1n) is 5.09. The predicted octanol–water partition coefficient (Wildman–Crippen LogP) is 2.97. The Bertz CT molecular complexity index is 528. The number of anilines is 1. The van der Waals surface area contributed by atoms with Crippen molar-refractivity contribution in [3.63, 3.8) is 0 Å². The largest absolute Gasteiger partial charge is 0.272 e. The average Bonchev–Trinajstić information content (AvgIpc) is 2.39. The number of amides is 1. The zero-order chi connectivity index (χ0) is 12.3. The predicted molar refractivity (Wildman–Crippen MR) is 71.6 cm³/mol. The molecule has 0 aliphatic rings. The molecule has 17 heavy (non-hydrogen) atoms. The smallest absolute Gasteiger partial charge is 0.267 e. The number of carbonyl (C=O) groups excluding carboxylic acids is 1. The van der Waals surface area contributed by atoms with Crippen molar-refractivity contribution < 1.29 is 4.79 Å². The standard InChI is InChI=1S/C13H11BrN2O/c14-11-8-4-5-9-12(11)16(15)13(17)10-6-2-1-3-7-10/h1-9H,15H2. The molecule has 3 nitrogen and oxygen atoms in total. The van der Waals surface area contributed by atoms with E-state index in [1.807, 2.05) is 24.3 Å². The molecular formula is C13H11BrN2O. The number of hydrogen-bond donors (Lipinski definition) is 1. The quantitative estimate of drug-likeness (QED) is 0.525. The van der Waals surface area contributed by atoms with Crippen LogP contribution in [0, 0.1) is 0 Å². The summed E-state index contributed by atoms with van der Waals surface area (Å²) in [6.45, 7) is 0. The Morgan fingerprint density at radius 2 is 1.59 bits per heavy atom. The maximum Gasteiger partial charge on any atom is 0.272 e. The minimum Gasteiger partial charge on any atom is -0.267 e. The van der Waals surface area contributed by atoms with Gasteiger partial charge in [-0.25, -0.2) is 10.9 Å². The molecule has 0 saturated heterocycles. The highest BCUT2D eigenvalue weighted by Gasteiger charge is 2.15. The van der Waals surface area contributed by atoms with Crippen molar-refractivity contribution in [1.82, 2.24) is 0 Å². The molecule has 2 N–H and O–H groups in total. The number of hydrazine groups is 1. The summed E-state index contributed by atoms with van der Waals surface area (Å²) in [6, 6.07) is 16.3. The van der Waals surface area contributed by atoms with Crippen LogP contribution in [0.4, 0.5) is 5.69 Å².